The van der Waals surface area contributed by atoms with Crippen molar-refractivity contribution in [3.63, 3.8) is 0 Å². The average Bonchev–Trinajstić information content (AvgIpc) is 2.41. The van der Waals surface area contributed by atoms with E-state index in [1.807, 2.05) is 0 Å². The summed E-state index contributed by atoms with van der Waals surface area (Å²) in [6, 6.07) is 5.11. The number of nitrogens with zero attached hydrogens (tertiary/aromatic N) is 1. The summed E-state index contributed by atoms with van der Waals surface area (Å²) in [5.74, 6) is -0.0766. The molecule has 0 saturated carbocycles. The van der Waals surface area contributed by atoms with Crippen LogP contribution in [0.3, 0.4) is 0 Å². The fourth-order valence-corrected chi connectivity index (χ4v) is 2.87. The Kier molecular flexibility index (Phi) is 4.94. The van der Waals surface area contributed by atoms with Crippen molar-refractivity contribution in [2.24, 2.45) is 11.7 Å². The van der Waals surface area contributed by atoms with Crippen LogP contribution in [0.15, 0.2) is 23.1 Å². The number of nitrogens with two attached hydrogens (primary N) is 1. The Morgan fingerprint density at radius 1 is 1.35 bits per heavy atom. The molecular weight excluding hydrogens is 296 g/mol. The summed E-state index contributed by atoms with van der Waals surface area (Å²) in [6.07, 6.45) is 1.99. The van der Waals surface area contributed by atoms with Gasteiger partial charge < -0.3 is 10.6 Å². The van der Waals surface area contributed by atoms with Crippen LogP contribution in [0.1, 0.15) is 29.6 Å². The van der Waals surface area contributed by atoms with Crippen LogP contribution in [0.4, 0.5) is 0 Å². The van der Waals surface area contributed by atoms with E-state index in [9.17, 15) is 9.59 Å². The predicted octanol–water partition coefficient (Wildman–Crippen LogP) is 2.36. The molecule has 2 N–H and O–H groups in total. The summed E-state index contributed by atoms with van der Waals surface area (Å²) >= 11 is 10.3. The molecule has 1 aromatic rings. The predicted molar refractivity (Wildman–Crippen MR) is 81.1 cm³/mol. The molecule has 0 unspecified atom stereocenters. The molecule has 2 amide bonds. The quantitative estimate of drug-likeness (QED) is 0.842. The minimum atomic E-state index is -0.277. The molecule has 6 heteroatoms. The van der Waals surface area contributed by atoms with Crippen LogP contribution in [0, 0.1) is 5.92 Å². The van der Waals surface area contributed by atoms with Gasteiger partial charge in [-0.15, -0.1) is 12.6 Å². The third-order valence-electron chi connectivity index (χ3n) is 3.57. The van der Waals surface area contributed by atoms with Crippen molar-refractivity contribution in [3.05, 3.63) is 28.8 Å². The number of carbonyl (C=O) groups excluding carboxylic acids is 2. The van der Waals surface area contributed by atoms with Crippen LogP contribution in [0.2, 0.25) is 5.02 Å². The molecular formula is C14H17ClN2O2S. The molecule has 1 heterocycles. The Bertz CT molecular complexity index is 528. The SMILES string of the molecule is NC(=O)CC1CCN(C(=O)c2cc(S)ccc2Cl)CC1. The number of benzene rings is 1. The van der Waals surface area contributed by atoms with Crippen molar-refractivity contribution in [1.29, 1.82) is 0 Å². The lowest BCUT2D eigenvalue weighted by Crippen LogP contribution is -2.39. The molecule has 1 fully saturated rings. The highest BCUT2D eigenvalue weighted by atomic mass is 35.5. The summed E-state index contributed by atoms with van der Waals surface area (Å²) < 4.78 is 0. The fourth-order valence-electron chi connectivity index (χ4n) is 2.47. The van der Waals surface area contributed by atoms with E-state index in [4.69, 9.17) is 17.3 Å². The Morgan fingerprint density at radius 3 is 2.60 bits per heavy atom. The number of hydrogen-bond donors (Lipinski definition) is 2. The first-order chi connectivity index (χ1) is 9.47. The fraction of sp³-hybridized carbons (Fsp3) is 0.429. The number of piperidine rings is 1. The molecule has 2 rings (SSSR count). The Labute approximate surface area is 128 Å². The van der Waals surface area contributed by atoms with Crippen molar-refractivity contribution < 1.29 is 9.59 Å². The number of likely N-dealkylation sites (tertiary alicyclic amines) is 1. The number of hydrogen-bond acceptors (Lipinski definition) is 3. The minimum absolute atomic E-state index is 0.0802. The molecule has 108 valence electrons. The number of amides is 2. The summed E-state index contributed by atoms with van der Waals surface area (Å²) in [5.41, 5.74) is 5.68. The maximum absolute atomic E-state index is 12.4. The molecule has 0 aliphatic carbocycles. The van der Waals surface area contributed by atoms with Gasteiger partial charge in [0.2, 0.25) is 5.91 Å². The van der Waals surface area contributed by atoms with Gasteiger partial charge in [-0.3, -0.25) is 9.59 Å². The van der Waals surface area contributed by atoms with Crippen LogP contribution in [0.25, 0.3) is 0 Å². The van der Waals surface area contributed by atoms with E-state index in [2.05, 4.69) is 12.6 Å². The van der Waals surface area contributed by atoms with E-state index in [0.717, 1.165) is 12.8 Å². The molecule has 0 bridgehead atoms. The smallest absolute Gasteiger partial charge is 0.255 e. The van der Waals surface area contributed by atoms with E-state index < -0.39 is 0 Å². The van der Waals surface area contributed by atoms with Crippen molar-refractivity contribution in [3.8, 4) is 0 Å². The molecule has 1 aromatic carbocycles. The van der Waals surface area contributed by atoms with Gasteiger partial charge in [0.05, 0.1) is 10.6 Å². The normalized spacial score (nSPS) is 16.2. The van der Waals surface area contributed by atoms with Crippen molar-refractivity contribution in [1.82, 2.24) is 4.90 Å². The highest BCUT2D eigenvalue weighted by Gasteiger charge is 2.25. The number of halogens is 1. The van der Waals surface area contributed by atoms with Gasteiger partial charge in [0, 0.05) is 24.4 Å². The highest BCUT2D eigenvalue weighted by Crippen LogP contribution is 2.25. The van der Waals surface area contributed by atoms with Crippen LogP contribution in [-0.2, 0) is 4.79 Å². The Balaban J connectivity index is 2.01. The first-order valence-corrected chi connectivity index (χ1v) is 7.36. The lowest BCUT2D eigenvalue weighted by atomic mass is 9.93. The van der Waals surface area contributed by atoms with Crippen molar-refractivity contribution >= 4 is 36.0 Å². The monoisotopic (exact) mass is 312 g/mol. The molecule has 1 aliphatic rings. The van der Waals surface area contributed by atoms with Gasteiger partial charge >= 0.3 is 0 Å². The van der Waals surface area contributed by atoms with Gasteiger partial charge in [-0.2, -0.15) is 0 Å². The zero-order valence-corrected chi connectivity index (χ0v) is 12.7. The molecule has 0 radical (unpaired) electrons. The number of carbonyl (C=O) groups is 2. The maximum atomic E-state index is 12.4. The zero-order valence-electron chi connectivity index (χ0n) is 11.0. The highest BCUT2D eigenvalue weighted by molar-refractivity contribution is 7.80. The van der Waals surface area contributed by atoms with Gasteiger partial charge in [-0.05, 0) is 37.0 Å². The van der Waals surface area contributed by atoms with Gasteiger partial charge in [0.1, 0.15) is 0 Å². The van der Waals surface area contributed by atoms with E-state index in [-0.39, 0.29) is 17.7 Å². The molecule has 0 aromatic heterocycles. The summed E-state index contributed by atoms with van der Waals surface area (Å²) in [5, 5.41) is 0.437. The lowest BCUT2D eigenvalue weighted by Gasteiger charge is -2.31. The van der Waals surface area contributed by atoms with Gasteiger partial charge in [0.25, 0.3) is 5.91 Å². The number of primary amides is 1. The zero-order chi connectivity index (χ0) is 14.7. The first kappa shape index (κ1) is 15.2. The molecule has 4 nitrogen and oxygen atoms in total. The largest absolute Gasteiger partial charge is 0.370 e. The van der Waals surface area contributed by atoms with Gasteiger partial charge in [-0.1, -0.05) is 11.6 Å². The number of rotatable bonds is 3. The van der Waals surface area contributed by atoms with Crippen LogP contribution >= 0.6 is 24.2 Å². The van der Waals surface area contributed by atoms with E-state index in [1.165, 1.54) is 0 Å². The van der Waals surface area contributed by atoms with Gasteiger partial charge in [0.15, 0.2) is 0 Å². The van der Waals surface area contributed by atoms with Crippen LogP contribution < -0.4 is 5.73 Å². The van der Waals surface area contributed by atoms with Crippen molar-refractivity contribution in [2.45, 2.75) is 24.2 Å². The van der Waals surface area contributed by atoms with Gasteiger partial charge in [-0.25, -0.2) is 0 Å². The summed E-state index contributed by atoms with van der Waals surface area (Å²) in [4.78, 5) is 25.8. The molecule has 1 saturated heterocycles. The average molecular weight is 313 g/mol. The third-order valence-corrected chi connectivity index (χ3v) is 4.18. The van der Waals surface area contributed by atoms with E-state index in [0.29, 0.717) is 35.0 Å². The standard InChI is InChI=1S/C14H17ClN2O2S/c15-12-2-1-10(20)8-11(12)14(19)17-5-3-9(4-6-17)7-13(16)18/h1-2,8-9,20H,3-7H2,(H2,16,18). The van der Waals surface area contributed by atoms with E-state index >= 15 is 0 Å². The third kappa shape index (κ3) is 3.67. The number of thiol groups is 1. The Hall–Kier alpha value is -1.20. The molecule has 0 atom stereocenters. The molecule has 0 spiro atoms. The van der Waals surface area contributed by atoms with Crippen LogP contribution in [0.5, 0.6) is 0 Å². The van der Waals surface area contributed by atoms with Crippen LogP contribution in [-0.4, -0.2) is 29.8 Å². The summed E-state index contributed by atoms with van der Waals surface area (Å²) in [7, 11) is 0. The second kappa shape index (κ2) is 6.50. The summed E-state index contributed by atoms with van der Waals surface area (Å²) in [6.45, 7) is 1.26. The first-order valence-electron chi connectivity index (χ1n) is 6.53. The second-order valence-corrected chi connectivity index (χ2v) is 5.99. The minimum Gasteiger partial charge on any atom is -0.370 e. The van der Waals surface area contributed by atoms with Crippen molar-refractivity contribution in [2.75, 3.05) is 13.1 Å². The topological polar surface area (TPSA) is 63.4 Å². The molecule has 20 heavy (non-hydrogen) atoms. The second-order valence-electron chi connectivity index (χ2n) is 5.07. The lowest BCUT2D eigenvalue weighted by molar-refractivity contribution is -0.119. The maximum Gasteiger partial charge on any atom is 0.255 e. The van der Waals surface area contributed by atoms with E-state index in [1.54, 1.807) is 23.1 Å². The molecule has 1 aliphatic heterocycles. The Morgan fingerprint density at radius 2 is 2.00 bits per heavy atom.